The van der Waals surface area contributed by atoms with Crippen molar-refractivity contribution in [1.29, 1.82) is 0 Å². The Balaban J connectivity index is 0.00000529. The second-order valence-corrected chi connectivity index (χ2v) is 6.87. The molecular weight excluding hydrogens is 487 g/mol. The van der Waals surface area contributed by atoms with Gasteiger partial charge in [-0.1, -0.05) is 22.0 Å². The summed E-state index contributed by atoms with van der Waals surface area (Å²) >= 11 is 3.40. The number of nitrogens with one attached hydrogen (secondary N) is 3. The molecule has 0 radical (unpaired) electrons. The summed E-state index contributed by atoms with van der Waals surface area (Å²) in [4.78, 5) is 15.8. The average molecular weight is 513 g/mol. The van der Waals surface area contributed by atoms with Gasteiger partial charge in [0.05, 0.1) is 13.1 Å². The molecule has 0 aromatic heterocycles. The topological polar surface area (TPSA) is 74.8 Å². The Morgan fingerprint density at radius 2 is 2.00 bits per heavy atom. The molecule has 3 N–H and O–H groups in total. The van der Waals surface area contributed by atoms with Crippen molar-refractivity contribution in [2.45, 2.75) is 26.3 Å². The van der Waals surface area contributed by atoms with Crippen molar-refractivity contribution in [2.24, 2.45) is 4.99 Å². The summed E-state index contributed by atoms with van der Waals surface area (Å²) in [6.45, 7) is 7.06. The van der Waals surface area contributed by atoms with Gasteiger partial charge in [-0.05, 0) is 39.0 Å². The fraction of sp³-hybridized carbons (Fsp3) is 0.500. The van der Waals surface area contributed by atoms with Gasteiger partial charge < -0.3 is 20.7 Å². The lowest BCUT2D eigenvalue weighted by Crippen LogP contribution is -2.48. The molecule has 0 heterocycles. The van der Waals surface area contributed by atoms with Gasteiger partial charge in [0, 0.05) is 17.1 Å². The van der Waals surface area contributed by atoms with Crippen LogP contribution in [-0.2, 0) is 4.79 Å². The average Bonchev–Trinajstić information content (AvgIpc) is 2.45. The van der Waals surface area contributed by atoms with E-state index in [9.17, 15) is 4.79 Å². The third-order valence-corrected chi connectivity index (χ3v) is 3.11. The van der Waals surface area contributed by atoms with E-state index in [4.69, 9.17) is 4.74 Å². The van der Waals surface area contributed by atoms with Crippen LogP contribution in [0.3, 0.4) is 0 Å². The second-order valence-electron chi connectivity index (χ2n) is 5.96. The molecule has 0 unspecified atom stereocenters. The minimum absolute atomic E-state index is 0. The van der Waals surface area contributed by atoms with Crippen molar-refractivity contribution in [2.75, 3.05) is 26.7 Å². The van der Waals surface area contributed by atoms with Crippen LogP contribution in [0.4, 0.5) is 0 Å². The fourth-order valence-electron chi connectivity index (χ4n) is 1.74. The largest absolute Gasteiger partial charge is 0.492 e. The number of hydrogen-bond donors (Lipinski definition) is 3. The van der Waals surface area contributed by atoms with Gasteiger partial charge in [0.25, 0.3) is 0 Å². The molecule has 0 fully saturated rings. The van der Waals surface area contributed by atoms with Crippen LogP contribution in [0.2, 0.25) is 0 Å². The Bertz CT molecular complexity index is 547. The highest BCUT2D eigenvalue weighted by molar-refractivity contribution is 14.0. The smallest absolute Gasteiger partial charge is 0.239 e. The number of hydrogen-bond acceptors (Lipinski definition) is 3. The zero-order chi connectivity index (χ0) is 17.3. The van der Waals surface area contributed by atoms with E-state index in [0.29, 0.717) is 19.1 Å². The highest BCUT2D eigenvalue weighted by Gasteiger charge is 2.13. The quantitative estimate of drug-likeness (QED) is 0.237. The molecule has 24 heavy (non-hydrogen) atoms. The van der Waals surface area contributed by atoms with Crippen LogP contribution < -0.4 is 20.7 Å². The second kappa shape index (κ2) is 11.5. The van der Waals surface area contributed by atoms with Gasteiger partial charge in [-0.25, -0.2) is 0 Å². The highest BCUT2D eigenvalue weighted by Crippen LogP contribution is 2.17. The van der Waals surface area contributed by atoms with E-state index >= 15 is 0 Å². The van der Waals surface area contributed by atoms with Gasteiger partial charge in [0.15, 0.2) is 5.96 Å². The van der Waals surface area contributed by atoms with E-state index in [1.54, 1.807) is 7.05 Å². The lowest BCUT2D eigenvalue weighted by Gasteiger charge is -2.21. The number of carbonyl (C=O) groups excluding carboxylic acids is 1. The number of aliphatic imine (C=N–C) groups is 1. The summed E-state index contributed by atoms with van der Waals surface area (Å²) in [5.41, 5.74) is -0.243. The molecule has 0 spiro atoms. The molecule has 1 rings (SSSR count). The van der Waals surface area contributed by atoms with Gasteiger partial charge in [-0.2, -0.15) is 0 Å². The van der Waals surface area contributed by atoms with E-state index in [2.05, 4.69) is 36.9 Å². The Labute approximate surface area is 169 Å². The van der Waals surface area contributed by atoms with Gasteiger partial charge >= 0.3 is 0 Å². The van der Waals surface area contributed by atoms with Crippen molar-refractivity contribution < 1.29 is 9.53 Å². The van der Waals surface area contributed by atoms with E-state index in [-0.39, 0.29) is 42.0 Å². The standard InChI is InChI=1S/C16H25BrN4O2.HI/c1-16(2,3)21-14(22)11-20-15(18-4)19-8-9-23-13-7-5-6-12(17)10-13;/h5-7,10H,8-9,11H2,1-4H3,(H,21,22)(H2,18,19,20);1H. The van der Waals surface area contributed by atoms with Crippen LogP contribution in [0.15, 0.2) is 33.7 Å². The fourth-order valence-corrected chi connectivity index (χ4v) is 2.12. The predicted molar refractivity (Wildman–Crippen MR) is 112 cm³/mol. The maximum Gasteiger partial charge on any atom is 0.239 e. The normalized spacial score (nSPS) is 11.3. The number of nitrogens with zero attached hydrogens (tertiary/aromatic N) is 1. The zero-order valence-corrected chi connectivity index (χ0v) is 18.4. The van der Waals surface area contributed by atoms with E-state index in [1.165, 1.54) is 0 Å². The molecular formula is C16H26BrIN4O2. The van der Waals surface area contributed by atoms with E-state index in [1.807, 2.05) is 45.0 Å². The first-order valence-corrected chi connectivity index (χ1v) is 8.23. The van der Waals surface area contributed by atoms with Gasteiger partial charge in [-0.3, -0.25) is 9.79 Å². The molecule has 0 aliphatic heterocycles. The predicted octanol–water partition coefficient (Wildman–Crippen LogP) is 2.53. The van der Waals surface area contributed by atoms with Crippen molar-refractivity contribution in [3.63, 3.8) is 0 Å². The van der Waals surface area contributed by atoms with Crippen LogP contribution in [0.1, 0.15) is 20.8 Å². The Morgan fingerprint density at radius 1 is 1.29 bits per heavy atom. The SMILES string of the molecule is CN=C(NCCOc1cccc(Br)c1)NCC(=O)NC(C)(C)C.I. The number of halogens is 2. The molecule has 1 aromatic rings. The third kappa shape index (κ3) is 10.7. The number of guanidine groups is 1. The molecule has 0 atom stereocenters. The molecule has 0 aliphatic carbocycles. The molecule has 6 nitrogen and oxygen atoms in total. The van der Waals surface area contributed by atoms with Crippen molar-refractivity contribution in [3.05, 3.63) is 28.7 Å². The van der Waals surface area contributed by atoms with Crippen molar-refractivity contribution in [1.82, 2.24) is 16.0 Å². The van der Waals surface area contributed by atoms with Gasteiger partial charge in [0.2, 0.25) is 5.91 Å². The summed E-state index contributed by atoms with van der Waals surface area (Å²) in [5.74, 6) is 1.28. The first-order valence-electron chi connectivity index (χ1n) is 7.44. The molecule has 0 saturated carbocycles. The molecule has 0 aliphatic rings. The third-order valence-electron chi connectivity index (χ3n) is 2.61. The molecule has 1 aromatic carbocycles. The molecule has 0 bridgehead atoms. The Kier molecular flexibility index (Phi) is 11.0. The Morgan fingerprint density at radius 3 is 2.58 bits per heavy atom. The minimum Gasteiger partial charge on any atom is -0.492 e. The lowest BCUT2D eigenvalue weighted by atomic mass is 10.1. The summed E-state index contributed by atoms with van der Waals surface area (Å²) in [5, 5.41) is 8.94. The monoisotopic (exact) mass is 512 g/mol. The number of carbonyl (C=O) groups is 1. The summed E-state index contributed by atoms with van der Waals surface area (Å²) in [6.07, 6.45) is 0. The Hall–Kier alpha value is -1.03. The zero-order valence-electron chi connectivity index (χ0n) is 14.5. The first-order chi connectivity index (χ1) is 10.8. The number of amides is 1. The number of rotatable bonds is 6. The van der Waals surface area contributed by atoms with E-state index < -0.39 is 0 Å². The molecule has 8 heteroatoms. The van der Waals surface area contributed by atoms with Crippen molar-refractivity contribution in [3.8, 4) is 5.75 Å². The summed E-state index contributed by atoms with van der Waals surface area (Å²) < 4.78 is 6.60. The lowest BCUT2D eigenvalue weighted by molar-refractivity contribution is -0.121. The van der Waals surface area contributed by atoms with Crippen molar-refractivity contribution >= 4 is 51.8 Å². The van der Waals surface area contributed by atoms with Crippen LogP contribution in [0.5, 0.6) is 5.75 Å². The van der Waals surface area contributed by atoms with Crippen LogP contribution in [-0.4, -0.2) is 44.1 Å². The summed E-state index contributed by atoms with van der Waals surface area (Å²) in [6, 6.07) is 7.67. The van der Waals surface area contributed by atoms with E-state index in [0.717, 1.165) is 10.2 Å². The minimum atomic E-state index is -0.243. The molecule has 1 amide bonds. The highest BCUT2D eigenvalue weighted by atomic mass is 127. The van der Waals surface area contributed by atoms with Crippen LogP contribution >= 0.6 is 39.9 Å². The number of benzene rings is 1. The maximum atomic E-state index is 11.7. The first kappa shape index (κ1) is 23.0. The van der Waals surface area contributed by atoms with Crippen LogP contribution in [0, 0.1) is 0 Å². The maximum absolute atomic E-state index is 11.7. The molecule has 0 saturated heterocycles. The van der Waals surface area contributed by atoms with Crippen LogP contribution in [0.25, 0.3) is 0 Å². The number of ether oxygens (including phenoxy) is 1. The molecule has 136 valence electrons. The van der Waals surface area contributed by atoms with Gasteiger partial charge in [-0.15, -0.1) is 24.0 Å². The van der Waals surface area contributed by atoms with Gasteiger partial charge in [0.1, 0.15) is 12.4 Å². The summed E-state index contributed by atoms with van der Waals surface area (Å²) in [7, 11) is 1.66.